The number of carbonyl (C=O) groups is 1. The molecule has 0 radical (unpaired) electrons. The maximum absolute atomic E-state index is 12.0. The molecule has 1 saturated heterocycles. The van der Waals surface area contributed by atoms with Crippen molar-refractivity contribution in [3.05, 3.63) is 35.9 Å². The van der Waals surface area contributed by atoms with Crippen LogP contribution in [-0.2, 0) is 21.0 Å². The van der Waals surface area contributed by atoms with E-state index in [2.05, 4.69) is 19.3 Å². The predicted octanol–water partition coefficient (Wildman–Crippen LogP) is 3.22. The number of esters is 1. The zero-order valence-electron chi connectivity index (χ0n) is 12.9. The van der Waals surface area contributed by atoms with Gasteiger partial charge >= 0.3 is 5.97 Å². The van der Waals surface area contributed by atoms with Crippen molar-refractivity contribution in [2.45, 2.75) is 58.3 Å². The Kier molecular flexibility index (Phi) is 6.21. The lowest BCUT2D eigenvalue weighted by Gasteiger charge is -2.20. The number of carbonyl (C=O) groups excluding carboxylic acids is 1. The smallest absolute Gasteiger partial charge is 0.326 e. The molecule has 1 aliphatic heterocycles. The van der Waals surface area contributed by atoms with E-state index in [1.54, 1.807) is 0 Å². The van der Waals surface area contributed by atoms with Gasteiger partial charge in [-0.25, -0.2) is 0 Å². The van der Waals surface area contributed by atoms with E-state index >= 15 is 0 Å². The number of benzene rings is 1. The van der Waals surface area contributed by atoms with Crippen molar-refractivity contribution in [3.8, 4) is 0 Å². The molecule has 21 heavy (non-hydrogen) atoms. The zero-order valence-corrected chi connectivity index (χ0v) is 12.9. The second-order valence-electron chi connectivity index (χ2n) is 5.59. The molecule has 1 aliphatic rings. The van der Waals surface area contributed by atoms with Crippen LogP contribution >= 0.6 is 0 Å². The van der Waals surface area contributed by atoms with E-state index in [0.29, 0.717) is 6.61 Å². The topological polar surface area (TPSA) is 47.6 Å². The third kappa shape index (κ3) is 4.29. The maximum atomic E-state index is 12.0. The number of ether oxygens (including phenoxy) is 1. The summed E-state index contributed by atoms with van der Waals surface area (Å²) in [6.45, 7) is 4.69. The summed E-state index contributed by atoms with van der Waals surface area (Å²) < 4.78 is 5.50. The molecule has 0 spiro atoms. The first-order valence-corrected chi connectivity index (χ1v) is 7.88. The zero-order chi connectivity index (χ0) is 15.1. The second-order valence-corrected chi connectivity index (χ2v) is 5.59. The van der Waals surface area contributed by atoms with E-state index < -0.39 is 0 Å². The number of rotatable bonds is 8. The third-order valence-electron chi connectivity index (χ3n) is 3.91. The highest BCUT2D eigenvalue weighted by Gasteiger charge is 2.43. The van der Waals surface area contributed by atoms with Crippen molar-refractivity contribution in [2.75, 3.05) is 0 Å². The standard InChI is InChI=1S/C17H25NO3/c1-3-8-14-15(9-4-2)21-17(19)16(14)18-20-12-13-10-6-5-7-11-13/h5-7,10-11,14-16,18H,3-4,8-9,12H2,1-2H3/t14?,15-,16?/m1/s1. The Hall–Kier alpha value is -1.39. The second kappa shape index (κ2) is 8.15. The Balaban J connectivity index is 1.89. The molecular formula is C17H25NO3. The molecule has 116 valence electrons. The van der Waals surface area contributed by atoms with Gasteiger partial charge < -0.3 is 4.74 Å². The van der Waals surface area contributed by atoms with E-state index in [1.807, 2.05) is 30.3 Å². The molecule has 1 heterocycles. The van der Waals surface area contributed by atoms with Crippen LogP contribution in [0.5, 0.6) is 0 Å². The van der Waals surface area contributed by atoms with Crippen LogP contribution in [0.2, 0.25) is 0 Å². The number of nitrogens with one attached hydrogen (secondary N) is 1. The van der Waals surface area contributed by atoms with Gasteiger partial charge in [0.15, 0.2) is 0 Å². The van der Waals surface area contributed by atoms with Crippen LogP contribution in [0.3, 0.4) is 0 Å². The quantitative estimate of drug-likeness (QED) is 0.590. The molecule has 2 unspecified atom stereocenters. The van der Waals surface area contributed by atoms with Crippen LogP contribution in [0.1, 0.15) is 45.1 Å². The van der Waals surface area contributed by atoms with E-state index in [1.165, 1.54) is 0 Å². The fraction of sp³-hybridized carbons (Fsp3) is 0.588. The van der Waals surface area contributed by atoms with Crippen molar-refractivity contribution in [3.63, 3.8) is 0 Å². The molecule has 1 N–H and O–H groups in total. The first-order valence-electron chi connectivity index (χ1n) is 7.88. The molecule has 3 atom stereocenters. The van der Waals surface area contributed by atoms with Gasteiger partial charge in [0.1, 0.15) is 12.1 Å². The minimum atomic E-state index is -0.342. The average molecular weight is 291 g/mol. The SMILES string of the molecule is CCCC1C(NOCc2ccccc2)C(=O)O[C@@H]1CCC. The van der Waals surface area contributed by atoms with Gasteiger partial charge in [0.2, 0.25) is 0 Å². The molecule has 0 saturated carbocycles. The molecule has 0 amide bonds. The minimum absolute atomic E-state index is 0.0280. The van der Waals surface area contributed by atoms with Gasteiger partial charge in [-0.1, -0.05) is 57.0 Å². The highest BCUT2D eigenvalue weighted by atomic mass is 16.7. The number of hydroxylamine groups is 1. The van der Waals surface area contributed by atoms with Crippen molar-refractivity contribution in [1.29, 1.82) is 0 Å². The highest BCUT2D eigenvalue weighted by Crippen LogP contribution is 2.30. The summed E-state index contributed by atoms with van der Waals surface area (Å²) in [5, 5.41) is 0. The summed E-state index contributed by atoms with van der Waals surface area (Å²) in [6, 6.07) is 9.57. The lowest BCUT2D eigenvalue weighted by atomic mass is 9.90. The number of cyclic esters (lactones) is 1. The summed E-state index contributed by atoms with van der Waals surface area (Å²) in [5.41, 5.74) is 4.01. The first kappa shape index (κ1) is 16.0. The molecule has 1 fully saturated rings. The Labute approximate surface area is 126 Å². The van der Waals surface area contributed by atoms with E-state index in [-0.39, 0.29) is 24.0 Å². The van der Waals surface area contributed by atoms with Crippen LogP contribution in [0.15, 0.2) is 30.3 Å². The lowest BCUT2D eigenvalue weighted by Crippen LogP contribution is -2.39. The molecule has 1 aromatic carbocycles. The van der Waals surface area contributed by atoms with Crippen LogP contribution < -0.4 is 5.48 Å². The Morgan fingerprint density at radius 1 is 1.14 bits per heavy atom. The molecule has 0 aromatic heterocycles. The van der Waals surface area contributed by atoms with Gasteiger partial charge in [0.25, 0.3) is 0 Å². The van der Waals surface area contributed by atoms with Crippen molar-refractivity contribution in [2.24, 2.45) is 5.92 Å². The highest BCUT2D eigenvalue weighted by molar-refractivity contribution is 5.78. The fourth-order valence-corrected chi connectivity index (χ4v) is 2.87. The summed E-state index contributed by atoms with van der Waals surface area (Å²) in [6.07, 6.45) is 3.99. The fourth-order valence-electron chi connectivity index (χ4n) is 2.87. The first-order chi connectivity index (χ1) is 10.3. The summed E-state index contributed by atoms with van der Waals surface area (Å²) in [5.74, 6) is 0.0261. The molecule has 0 aliphatic carbocycles. The van der Waals surface area contributed by atoms with Gasteiger partial charge in [0.05, 0.1) is 6.61 Å². The van der Waals surface area contributed by atoms with Crippen molar-refractivity contribution < 1.29 is 14.4 Å². The molecule has 2 rings (SSSR count). The van der Waals surface area contributed by atoms with Gasteiger partial charge in [-0.15, -0.1) is 0 Å². The number of hydrogen-bond donors (Lipinski definition) is 1. The van der Waals surface area contributed by atoms with Gasteiger partial charge in [-0.2, -0.15) is 5.48 Å². The molecule has 4 heteroatoms. The van der Waals surface area contributed by atoms with Crippen molar-refractivity contribution in [1.82, 2.24) is 5.48 Å². The van der Waals surface area contributed by atoms with Crippen molar-refractivity contribution >= 4 is 5.97 Å². The van der Waals surface area contributed by atoms with Crippen LogP contribution in [0, 0.1) is 5.92 Å². The molecule has 4 nitrogen and oxygen atoms in total. The van der Waals surface area contributed by atoms with Crippen LogP contribution in [0.4, 0.5) is 0 Å². The predicted molar refractivity (Wildman–Crippen MR) is 81.3 cm³/mol. The Bertz CT molecular complexity index is 435. The van der Waals surface area contributed by atoms with E-state index in [9.17, 15) is 4.79 Å². The largest absolute Gasteiger partial charge is 0.461 e. The summed E-state index contributed by atoms with van der Waals surface area (Å²) >= 11 is 0. The Morgan fingerprint density at radius 2 is 1.86 bits per heavy atom. The van der Waals surface area contributed by atoms with Crippen LogP contribution in [0.25, 0.3) is 0 Å². The van der Waals surface area contributed by atoms with Crippen LogP contribution in [-0.4, -0.2) is 18.1 Å². The van der Waals surface area contributed by atoms with Gasteiger partial charge in [-0.05, 0) is 18.4 Å². The summed E-state index contributed by atoms with van der Waals surface area (Å²) in [7, 11) is 0. The monoisotopic (exact) mass is 291 g/mol. The minimum Gasteiger partial charge on any atom is -0.461 e. The van der Waals surface area contributed by atoms with E-state index in [0.717, 1.165) is 31.2 Å². The molecular weight excluding hydrogens is 266 g/mol. The third-order valence-corrected chi connectivity index (χ3v) is 3.91. The van der Waals surface area contributed by atoms with Gasteiger partial charge in [0, 0.05) is 5.92 Å². The lowest BCUT2D eigenvalue weighted by molar-refractivity contribution is -0.146. The normalized spacial score (nSPS) is 25.0. The summed E-state index contributed by atoms with van der Waals surface area (Å²) in [4.78, 5) is 17.5. The Morgan fingerprint density at radius 3 is 2.52 bits per heavy atom. The molecule has 1 aromatic rings. The van der Waals surface area contributed by atoms with E-state index in [4.69, 9.17) is 9.57 Å². The number of hydrogen-bond acceptors (Lipinski definition) is 4. The van der Waals surface area contributed by atoms with Gasteiger partial charge in [-0.3, -0.25) is 9.63 Å². The molecule has 0 bridgehead atoms. The maximum Gasteiger partial charge on any atom is 0.326 e. The average Bonchev–Trinajstić information content (AvgIpc) is 2.78.